The van der Waals surface area contributed by atoms with Crippen molar-refractivity contribution in [2.75, 3.05) is 26.2 Å². The van der Waals surface area contributed by atoms with Gasteiger partial charge in [-0.25, -0.2) is 0 Å². The van der Waals surface area contributed by atoms with E-state index in [1.165, 1.54) is 32.4 Å². The molecule has 2 N–H and O–H groups in total. The Bertz CT molecular complexity index is 300. The van der Waals surface area contributed by atoms with Gasteiger partial charge >= 0.3 is 0 Å². The molecule has 4 heteroatoms. The van der Waals surface area contributed by atoms with E-state index in [0.717, 1.165) is 25.9 Å². The summed E-state index contributed by atoms with van der Waals surface area (Å²) >= 11 is 0. The Morgan fingerprint density at radius 1 is 1.05 bits per heavy atom. The maximum atomic E-state index is 12.4. The number of carbonyl (C=O) groups is 1. The Kier molecular flexibility index (Phi) is 5.22. The minimum absolute atomic E-state index is 0.0508. The van der Waals surface area contributed by atoms with Crippen molar-refractivity contribution >= 4 is 5.91 Å². The van der Waals surface area contributed by atoms with E-state index < -0.39 is 0 Å². The van der Waals surface area contributed by atoms with Crippen LogP contribution in [0.1, 0.15) is 46.0 Å². The molecule has 3 atom stereocenters. The fourth-order valence-electron chi connectivity index (χ4n) is 3.28. The quantitative estimate of drug-likeness (QED) is 0.842. The molecule has 110 valence electrons. The zero-order chi connectivity index (χ0) is 13.8. The molecule has 2 saturated heterocycles. The fraction of sp³-hybridized carbons (Fsp3) is 0.933. The van der Waals surface area contributed by atoms with Crippen molar-refractivity contribution in [3.8, 4) is 0 Å². The lowest BCUT2D eigenvalue weighted by molar-refractivity contribution is -0.135. The highest BCUT2D eigenvalue weighted by Crippen LogP contribution is 2.22. The smallest absolute Gasteiger partial charge is 0.226 e. The third-order valence-corrected chi connectivity index (χ3v) is 4.84. The van der Waals surface area contributed by atoms with Gasteiger partial charge in [-0.1, -0.05) is 6.92 Å². The molecule has 1 amide bonds. The summed E-state index contributed by atoms with van der Waals surface area (Å²) in [4.78, 5) is 17.0. The average Bonchev–Trinajstić information content (AvgIpc) is 2.81. The molecular formula is C15H29N3O. The Labute approximate surface area is 117 Å². The van der Waals surface area contributed by atoms with E-state index in [1.54, 1.807) is 0 Å². The lowest BCUT2D eigenvalue weighted by Crippen LogP contribution is -2.42. The first-order valence-corrected chi connectivity index (χ1v) is 7.88. The summed E-state index contributed by atoms with van der Waals surface area (Å²) in [6.45, 7) is 8.23. The molecule has 0 aromatic heterocycles. The van der Waals surface area contributed by atoms with Crippen LogP contribution in [0.25, 0.3) is 0 Å². The van der Waals surface area contributed by atoms with Gasteiger partial charge in [0.2, 0.25) is 5.91 Å². The monoisotopic (exact) mass is 267 g/mol. The van der Waals surface area contributed by atoms with Crippen LogP contribution in [0.4, 0.5) is 0 Å². The topological polar surface area (TPSA) is 49.6 Å². The molecule has 0 aromatic carbocycles. The summed E-state index contributed by atoms with van der Waals surface area (Å²) in [5.74, 6) is 0.195. The lowest BCUT2D eigenvalue weighted by Gasteiger charge is -2.28. The molecule has 0 aliphatic carbocycles. The Morgan fingerprint density at radius 3 is 2.37 bits per heavy atom. The standard InChI is InChI=1S/C15H29N3O/c1-12(13(2)16)15(19)18-10-5-6-14(7-11-18)17-8-3-4-9-17/h12-14H,3-11,16H2,1-2H3. The molecule has 0 spiro atoms. The Hall–Kier alpha value is -0.610. The highest BCUT2D eigenvalue weighted by Gasteiger charge is 2.28. The molecule has 2 rings (SSSR count). The number of likely N-dealkylation sites (tertiary alicyclic amines) is 2. The number of amides is 1. The van der Waals surface area contributed by atoms with Gasteiger partial charge in [0, 0.05) is 25.2 Å². The third kappa shape index (κ3) is 3.69. The molecule has 0 aromatic rings. The number of carbonyl (C=O) groups excluding carboxylic acids is 1. The average molecular weight is 267 g/mol. The van der Waals surface area contributed by atoms with Crippen molar-refractivity contribution in [2.24, 2.45) is 11.7 Å². The molecule has 4 nitrogen and oxygen atoms in total. The minimum atomic E-state index is -0.0525. The van der Waals surface area contributed by atoms with Crippen molar-refractivity contribution in [3.05, 3.63) is 0 Å². The molecule has 2 aliphatic rings. The van der Waals surface area contributed by atoms with E-state index in [4.69, 9.17) is 5.73 Å². The molecule has 19 heavy (non-hydrogen) atoms. The highest BCUT2D eigenvalue weighted by atomic mass is 16.2. The van der Waals surface area contributed by atoms with Crippen LogP contribution in [0.5, 0.6) is 0 Å². The molecular weight excluding hydrogens is 238 g/mol. The molecule has 2 aliphatic heterocycles. The van der Waals surface area contributed by atoms with Gasteiger partial charge in [0.15, 0.2) is 0 Å². The van der Waals surface area contributed by atoms with Crippen molar-refractivity contribution < 1.29 is 4.79 Å². The van der Waals surface area contributed by atoms with Crippen LogP contribution in [0, 0.1) is 5.92 Å². The van der Waals surface area contributed by atoms with Crippen LogP contribution in [0.2, 0.25) is 0 Å². The van der Waals surface area contributed by atoms with E-state index in [0.29, 0.717) is 6.04 Å². The summed E-state index contributed by atoms with van der Waals surface area (Å²) in [5, 5.41) is 0. The second-order valence-corrected chi connectivity index (χ2v) is 6.30. The Morgan fingerprint density at radius 2 is 1.74 bits per heavy atom. The van der Waals surface area contributed by atoms with Gasteiger partial charge in [0.1, 0.15) is 0 Å². The SMILES string of the molecule is CC(N)C(C)C(=O)N1CCCC(N2CCCC2)CC1. The summed E-state index contributed by atoms with van der Waals surface area (Å²) in [6, 6.07) is 0.649. The van der Waals surface area contributed by atoms with E-state index in [9.17, 15) is 4.79 Å². The first-order chi connectivity index (χ1) is 9.09. The van der Waals surface area contributed by atoms with Crippen LogP contribution >= 0.6 is 0 Å². The summed E-state index contributed by atoms with van der Waals surface area (Å²) in [5.41, 5.74) is 5.85. The molecule has 0 bridgehead atoms. The predicted octanol–water partition coefficient (Wildman–Crippen LogP) is 1.45. The summed E-state index contributed by atoms with van der Waals surface area (Å²) in [6.07, 6.45) is 6.22. The van der Waals surface area contributed by atoms with Crippen molar-refractivity contribution in [1.29, 1.82) is 0 Å². The Balaban J connectivity index is 1.87. The zero-order valence-electron chi connectivity index (χ0n) is 12.5. The van der Waals surface area contributed by atoms with Crippen LogP contribution in [0.3, 0.4) is 0 Å². The molecule has 0 saturated carbocycles. The molecule has 2 heterocycles. The van der Waals surface area contributed by atoms with E-state index in [1.807, 2.05) is 18.7 Å². The molecule has 2 fully saturated rings. The minimum Gasteiger partial charge on any atom is -0.342 e. The second kappa shape index (κ2) is 6.71. The van der Waals surface area contributed by atoms with Crippen LogP contribution in [-0.2, 0) is 4.79 Å². The van der Waals surface area contributed by atoms with Gasteiger partial charge in [-0.15, -0.1) is 0 Å². The largest absolute Gasteiger partial charge is 0.342 e. The van der Waals surface area contributed by atoms with Crippen LogP contribution in [-0.4, -0.2) is 54.0 Å². The lowest BCUT2D eigenvalue weighted by atomic mass is 10.0. The first-order valence-electron chi connectivity index (χ1n) is 7.88. The maximum Gasteiger partial charge on any atom is 0.226 e. The van der Waals surface area contributed by atoms with Crippen molar-refractivity contribution in [1.82, 2.24) is 9.80 Å². The number of rotatable bonds is 3. The molecule has 0 radical (unpaired) electrons. The first kappa shape index (κ1) is 14.8. The van der Waals surface area contributed by atoms with Gasteiger partial charge in [0.25, 0.3) is 0 Å². The summed E-state index contributed by atoms with van der Waals surface area (Å²) in [7, 11) is 0. The third-order valence-electron chi connectivity index (χ3n) is 4.84. The van der Waals surface area contributed by atoms with Gasteiger partial charge in [-0.05, 0) is 52.1 Å². The van der Waals surface area contributed by atoms with E-state index in [2.05, 4.69) is 4.90 Å². The number of hydrogen-bond acceptors (Lipinski definition) is 3. The van der Waals surface area contributed by atoms with Crippen LogP contribution < -0.4 is 5.73 Å². The number of hydrogen-bond donors (Lipinski definition) is 1. The zero-order valence-corrected chi connectivity index (χ0v) is 12.5. The van der Waals surface area contributed by atoms with E-state index in [-0.39, 0.29) is 17.9 Å². The predicted molar refractivity (Wildman–Crippen MR) is 77.8 cm³/mol. The fourth-order valence-corrected chi connectivity index (χ4v) is 3.28. The van der Waals surface area contributed by atoms with Crippen molar-refractivity contribution in [2.45, 2.75) is 58.0 Å². The summed E-state index contributed by atoms with van der Waals surface area (Å²) < 4.78 is 0. The van der Waals surface area contributed by atoms with Gasteiger partial charge in [0.05, 0.1) is 5.92 Å². The van der Waals surface area contributed by atoms with Crippen molar-refractivity contribution in [3.63, 3.8) is 0 Å². The van der Waals surface area contributed by atoms with Crippen LogP contribution in [0.15, 0.2) is 0 Å². The van der Waals surface area contributed by atoms with Gasteiger partial charge < -0.3 is 15.5 Å². The van der Waals surface area contributed by atoms with Gasteiger partial charge in [-0.2, -0.15) is 0 Å². The number of nitrogens with two attached hydrogens (primary N) is 1. The highest BCUT2D eigenvalue weighted by molar-refractivity contribution is 5.79. The second-order valence-electron chi connectivity index (χ2n) is 6.30. The maximum absolute atomic E-state index is 12.4. The van der Waals surface area contributed by atoms with Gasteiger partial charge in [-0.3, -0.25) is 4.79 Å². The molecule has 3 unspecified atom stereocenters. The number of nitrogens with zero attached hydrogens (tertiary/aromatic N) is 2. The van der Waals surface area contributed by atoms with E-state index >= 15 is 0 Å². The normalized spacial score (nSPS) is 29.0.